The largest absolute Gasteiger partial charge is 0.416 e. The van der Waals surface area contributed by atoms with Crippen molar-refractivity contribution in [2.75, 3.05) is 31.5 Å². The Balaban J connectivity index is 1.72. The predicted molar refractivity (Wildman–Crippen MR) is 123 cm³/mol. The van der Waals surface area contributed by atoms with E-state index in [1.807, 2.05) is 0 Å². The number of carbonyl (C=O) groups excluding carboxylic acids is 1. The number of nitrogens with zero attached hydrogens (tertiary/aromatic N) is 1. The quantitative estimate of drug-likeness (QED) is 0.358. The first-order valence-electron chi connectivity index (χ1n) is 10.8. The van der Waals surface area contributed by atoms with Crippen LogP contribution in [0.5, 0.6) is 0 Å². The van der Waals surface area contributed by atoms with Crippen LogP contribution in [-0.4, -0.2) is 37.1 Å². The van der Waals surface area contributed by atoms with Crippen LogP contribution in [0.2, 0.25) is 10.0 Å². The summed E-state index contributed by atoms with van der Waals surface area (Å²) in [5, 5.41) is 5.33. The van der Waals surface area contributed by atoms with Gasteiger partial charge in [0.15, 0.2) is 0 Å². The zero-order chi connectivity index (χ0) is 25.8. The van der Waals surface area contributed by atoms with Crippen molar-refractivity contribution in [2.24, 2.45) is 0 Å². The van der Waals surface area contributed by atoms with E-state index in [-0.39, 0.29) is 18.5 Å². The van der Waals surface area contributed by atoms with Crippen LogP contribution in [0.25, 0.3) is 0 Å². The number of amides is 2. The predicted octanol–water partition coefficient (Wildman–Crippen LogP) is 7.42. The lowest BCUT2D eigenvalue weighted by Crippen LogP contribution is -2.34. The highest BCUT2D eigenvalue weighted by Crippen LogP contribution is 2.37. The lowest BCUT2D eigenvalue weighted by molar-refractivity contribution is -0.143. The summed E-state index contributed by atoms with van der Waals surface area (Å²) in [6.45, 7) is 2.79. The molecule has 35 heavy (non-hydrogen) atoms. The zero-order valence-electron chi connectivity index (χ0n) is 18.4. The maximum absolute atomic E-state index is 13.1. The first-order valence-corrected chi connectivity index (χ1v) is 11.6. The van der Waals surface area contributed by atoms with Gasteiger partial charge in [-0.1, -0.05) is 29.3 Å². The summed E-state index contributed by atoms with van der Waals surface area (Å²) in [6.07, 6.45) is -7.16. The number of halogens is 8. The van der Waals surface area contributed by atoms with Gasteiger partial charge in [-0.25, -0.2) is 4.79 Å². The van der Waals surface area contributed by atoms with Gasteiger partial charge in [0.25, 0.3) is 0 Å². The van der Waals surface area contributed by atoms with Crippen LogP contribution in [0.4, 0.5) is 36.8 Å². The molecule has 1 heterocycles. The van der Waals surface area contributed by atoms with Gasteiger partial charge in [0, 0.05) is 18.2 Å². The first-order chi connectivity index (χ1) is 16.3. The van der Waals surface area contributed by atoms with Crippen molar-refractivity contribution in [3.63, 3.8) is 0 Å². The highest BCUT2D eigenvalue weighted by Gasteiger charge is 2.37. The molecule has 2 aromatic rings. The van der Waals surface area contributed by atoms with Crippen molar-refractivity contribution >= 4 is 34.9 Å². The normalized spacial score (nSPS) is 15.8. The molecule has 192 valence electrons. The minimum absolute atomic E-state index is 0.00173. The van der Waals surface area contributed by atoms with Crippen LogP contribution in [0, 0.1) is 0 Å². The molecular weight excluding hydrogens is 519 g/mol. The van der Waals surface area contributed by atoms with Gasteiger partial charge in [0.05, 0.1) is 21.2 Å². The molecule has 0 aliphatic carbocycles. The summed E-state index contributed by atoms with van der Waals surface area (Å²) in [4.78, 5) is 14.7. The second kappa shape index (κ2) is 11.3. The molecule has 2 N–H and O–H groups in total. The molecule has 0 saturated carbocycles. The Morgan fingerprint density at radius 3 is 2.06 bits per heavy atom. The first kappa shape index (κ1) is 27.4. The Hall–Kier alpha value is -2.17. The van der Waals surface area contributed by atoms with Crippen molar-refractivity contribution < 1.29 is 31.1 Å². The van der Waals surface area contributed by atoms with Gasteiger partial charge in [0.2, 0.25) is 0 Å². The number of hydrogen-bond donors (Lipinski definition) is 2. The molecule has 1 aliphatic rings. The van der Waals surface area contributed by atoms with Crippen LogP contribution in [0.1, 0.15) is 41.9 Å². The lowest BCUT2D eigenvalue weighted by Gasteiger charge is -2.22. The Kier molecular flexibility index (Phi) is 8.82. The van der Waals surface area contributed by atoms with Crippen molar-refractivity contribution in [3.05, 3.63) is 63.1 Å². The fraction of sp³-hybridized carbons (Fsp3) is 0.435. The molecule has 0 aromatic heterocycles. The van der Waals surface area contributed by atoms with E-state index in [0.717, 1.165) is 38.0 Å². The van der Waals surface area contributed by atoms with Crippen molar-refractivity contribution in [2.45, 2.75) is 37.5 Å². The highest BCUT2D eigenvalue weighted by atomic mass is 35.5. The number of nitrogens with one attached hydrogen (secondary N) is 2. The van der Waals surface area contributed by atoms with Crippen molar-refractivity contribution in [3.8, 4) is 0 Å². The number of hydrogen-bond acceptors (Lipinski definition) is 2. The molecule has 1 unspecified atom stereocenters. The molecule has 2 amide bonds. The van der Waals surface area contributed by atoms with Gasteiger partial charge in [0.1, 0.15) is 0 Å². The summed E-state index contributed by atoms with van der Waals surface area (Å²) in [6, 6.07) is 5.07. The maximum atomic E-state index is 13.1. The molecule has 0 radical (unpaired) electrons. The smallest absolute Gasteiger partial charge is 0.337 e. The number of benzene rings is 2. The summed E-state index contributed by atoms with van der Waals surface area (Å²) in [7, 11) is 0. The Bertz CT molecular complexity index is 1010. The van der Waals surface area contributed by atoms with Crippen LogP contribution in [0.3, 0.4) is 0 Å². The second-order valence-corrected chi connectivity index (χ2v) is 9.15. The molecule has 12 heteroatoms. The molecule has 4 nitrogen and oxygen atoms in total. The number of urea groups is 1. The molecule has 1 atom stereocenters. The maximum Gasteiger partial charge on any atom is 0.416 e. The molecular formula is C23H23Cl2F6N3O. The molecule has 0 spiro atoms. The van der Waals surface area contributed by atoms with Gasteiger partial charge in [-0.05, 0) is 74.8 Å². The van der Waals surface area contributed by atoms with Gasteiger partial charge in [-0.15, -0.1) is 0 Å². The van der Waals surface area contributed by atoms with Gasteiger partial charge in [-0.3, -0.25) is 0 Å². The number of likely N-dealkylation sites (tertiary alicyclic amines) is 1. The average molecular weight is 542 g/mol. The van der Waals surface area contributed by atoms with Crippen LogP contribution in [0.15, 0.2) is 36.4 Å². The number of carbonyl (C=O) groups is 1. The van der Waals surface area contributed by atoms with Gasteiger partial charge >= 0.3 is 18.4 Å². The minimum atomic E-state index is -5.01. The topological polar surface area (TPSA) is 44.4 Å². The third kappa shape index (κ3) is 7.91. The third-order valence-electron chi connectivity index (χ3n) is 5.76. The second-order valence-electron chi connectivity index (χ2n) is 8.34. The third-order valence-corrected chi connectivity index (χ3v) is 6.50. The van der Waals surface area contributed by atoms with E-state index in [0.29, 0.717) is 28.6 Å². The highest BCUT2D eigenvalue weighted by molar-refractivity contribution is 6.42. The van der Waals surface area contributed by atoms with E-state index in [1.165, 1.54) is 0 Å². The van der Waals surface area contributed by atoms with E-state index in [1.54, 1.807) is 18.2 Å². The molecule has 0 bridgehead atoms. The fourth-order valence-electron chi connectivity index (χ4n) is 3.92. The Morgan fingerprint density at radius 1 is 0.914 bits per heavy atom. The van der Waals surface area contributed by atoms with Gasteiger partial charge < -0.3 is 15.5 Å². The Labute approximate surface area is 208 Å². The molecule has 3 rings (SSSR count). The number of rotatable bonds is 7. The molecule has 1 fully saturated rings. The summed E-state index contributed by atoms with van der Waals surface area (Å²) < 4.78 is 78.4. The summed E-state index contributed by atoms with van der Waals surface area (Å²) >= 11 is 12.1. The minimum Gasteiger partial charge on any atom is -0.337 e. The standard InChI is InChI=1S/C23H23Cl2F6N3O/c24-19-4-3-14(9-20(19)25)15(5-8-34-6-1-2-7-34)13-32-21(35)33-18-11-16(22(26,27)28)10-17(12-18)23(29,30)31/h3-4,9-12,15H,1-2,5-8,13H2,(H2,32,33,35). The van der Waals surface area contributed by atoms with Crippen LogP contribution < -0.4 is 10.6 Å². The van der Waals surface area contributed by atoms with Crippen molar-refractivity contribution in [1.29, 1.82) is 0 Å². The van der Waals surface area contributed by atoms with Crippen LogP contribution >= 0.6 is 23.2 Å². The SMILES string of the molecule is O=C(NCC(CCN1CCCC1)c1ccc(Cl)c(Cl)c1)Nc1cc(C(F)(F)F)cc(C(F)(F)F)c1. The number of alkyl halides is 6. The summed E-state index contributed by atoms with van der Waals surface area (Å²) in [5.74, 6) is -0.205. The Morgan fingerprint density at radius 2 is 1.51 bits per heavy atom. The van der Waals surface area contributed by atoms with Crippen molar-refractivity contribution in [1.82, 2.24) is 10.2 Å². The van der Waals surface area contributed by atoms with E-state index >= 15 is 0 Å². The zero-order valence-corrected chi connectivity index (χ0v) is 19.9. The average Bonchev–Trinajstić information content (AvgIpc) is 3.28. The molecule has 2 aromatic carbocycles. The molecule has 1 aliphatic heterocycles. The van der Waals surface area contributed by atoms with E-state index in [9.17, 15) is 31.1 Å². The monoisotopic (exact) mass is 541 g/mol. The molecule has 1 saturated heterocycles. The van der Waals surface area contributed by atoms with Crippen LogP contribution in [-0.2, 0) is 12.4 Å². The lowest BCUT2D eigenvalue weighted by atomic mass is 9.95. The van der Waals surface area contributed by atoms with E-state index in [2.05, 4.69) is 15.5 Å². The summed E-state index contributed by atoms with van der Waals surface area (Å²) in [5.41, 5.74) is -2.84. The van der Waals surface area contributed by atoms with Gasteiger partial charge in [-0.2, -0.15) is 26.3 Å². The van der Waals surface area contributed by atoms with E-state index < -0.39 is 35.2 Å². The van der Waals surface area contributed by atoms with E-state index in [4.69, 9.17) is 23.2 Å². The number of anilines is 1. The fourth-order valence-corrected chi connectivity index (χ4v) is 4.22.